The van der Waals surface area contributed by atoms with Crippen LogP contribution in [0.2, 0.25) is 5.02 Å². The number of thiophene rings is 1. The Balaban J connectivity index is 2.00. The zero-order valence-electron chi connectivity index (χ0n) is 11.6. The molecule has 0 amide bonds. The maximum Gasteiger partial charge on any atom is 0.0525 e. The largest absolute Gasteiger partial charge is 0.364 e. The maximum absolute atomic E-state index is 6.37. The van der Waals surface area contributed by atoms with Gasteiger partial charge in [0.25, 0.3) is 0 Å². The SMILES string of the molecule is CC1c2ccsc2CCN1c1cccc(Cl)c1CCN. The van der Waals surface area contributed by atoms with E-state index in [1.807, 2.05) is 23.5 Å². The zero-order chi connectivity index (χ0) is 14.1. The highest BCUT2D eigenvalue weighted by Crippen LogP contribution is 2.38. The van der Waals surface area contributed by atoms with E-state index in [1.54, 1.807) is 0 Å². The molecule has 0 spiro atoms. The third-order valence-electron chi connectivity index (χ3n) is 4.08. The zero-order valence-corrected chi connectivity index (χ0v) is 13.2. The fourth-order valence-corrected chi connectivity index (χ4v) is 4.27. The smallest absolute Gasteiger partial charge is 0.0525 e. The third kappa shape index (κ3) is 2.34. The quantitative estimate of drug-likeness (QED) is 0.928. The summed E-state index contributed by atoms with van der Waals surface area (Å²) in [7, 11) is 0. The van der Waals surface area contributed by atoms with Crippen molar-refractivity contribution in [2.24, 2.45) is 5.73 Å². The molecule has 1 aromatic heterocycles. The summed E-state index contributed by atoms with van der Waals surface area (Å²) in [4.78, 5) is 3.99. The molecule has 2 aromatic rings. The van der Waals surface area contributed by atoms with Gasteiger partial charge in [-0.2, -0.15) is 0 Å². The Labute approximate surface area is 129 Å². The predicted octanol–water partition coefficient (Wildman–Crippen LogP) is 4.03. The standard InChI is InChI=1S/C16H19ClN2S/c1-11-12-7-10-20-16(12)6-9-19(11)15-4-2-3-14(17)13(15)5-8-18/h2-4,7,10-11H,5-6,8-9,18H2,1H3. The predicted molar refractivity (Wildman–Crippen MR) is 88.0 cm³/mol. The van der Waals surface area contributed by atoms with Gasteiger partial charge in [0.2, 0.25) is 0 Å². The highest BCUT2D eigenvalue weighted by atomic mass is 35.5. The lowest BCUT2D eigenvalue weighted by Crippen LogP contribution is -2.34. The molecule has 1 aliphatic heterocycles. The molecule has 3 rings (SSSR count). The Morgan fingerprint density at radius 1 is 1.40 bits per heavy atom. The van der Waals surface area contributed by atoms with Crippen molar-refractivity contribution in [2.75, 3.05) is 18.0 Å². The molecule has 1 aromatic carbocycles. The number of hydrogen-bond donors (Lipinski definition) is 1. The molecule has 1 atom stereocenters. The number of halogens is 1. The van der Waals surface area contributed by atoms with Crippen LogP contribution in [-0.2, 0) is 12.8 Å². The highest BCUT2D eigenvalue weighted by molar-refractivity contribution is 7.10. The van der Waals surface area contributed by atoms with E-state index in [0.717, 1.165) is 24.4 Å². The summed E-state index contributed by atoms with van der Waals surface area (Å²) in [5.41, 5.74) is 9.63. The topological polar surface area (TPSA) is 29.3 Å². The normalized spacial score (nSPS) is 18.1. The van der Waals surface area contributed by atoms with Crippen LogP contribution in [0.3, 0.4) is 0 Å². The second-order valence-corrected chi connectivity index (χ2v) is 6.60. The van der Waals surface area contributed by atoms with E-state index in [2.05, 4.69) is 29.3 Å². The van der Waals surface area contributed by atoms with Crippen LogP contribution in [0.5, 0.6) is 0 Å². The van der Waals surface area contributed by atoms with Crippen molar-refractivity contribution in [1.82, 2.24) is 0 Å². The minimum atomic E-state index is 0.403. The van der Waals surface area contributed by atoms with Gasteiger partial charge >= 0.3 is 0 Å². The summed E-state index contributed by atoms with van der Waals surface area (Å²) in [6.45, 7) is 3.95. The molecule has 0 fully saturated rings. The van der Waals surface area contributed by atoms with Crippen molar-refractivity contribution in [3.8, 4) is 0 Å². The average Bonchev–Trinajstić information content (AvgIpc) is 2.91. The average molecular weight is 307 g/mol. The number of benzene rings is 1. The summed E-state index contributed by atoms with van der Waals surface area (Å²) in [5, 5.41) is 3.03. The van der Waals surface area contributed by atoms with Crippen LogP contribution in [0.1, 0.15) is 29.0 Å². The van der Waals surface area contributed by atoms with Crippen LogP contribution < -0.4 is 10.6 Å². The van der Waals surface area contributed by atoms with Crippen LogP contribution in [0.4, 0.5) is 5.69 Å². The Morgan fingerprint density at radius 2 is 2.25 bits per heavy atom. The summed E-state index contributed by atoms with van der Waals surface area (Å²) >= 11 is 8.25. The van der Waals surface area contributed by atoms with Gasteiger partial charge in [-0.25, -0.2) is 0 Å². The van der Waals surface area contributed by atoms with E-state index in [0.29, 0.717) is 12.6 Å². The molecular formula is C16H19ClN2S. The van der Waals surface area contributed by atoms with Crippen LogP contribution in [0.25, 0.3) is 0 Å². The first kappa shape index (κ1) is 13.9. The van der Waals surface area contributed by atoms with Gasteiger partial charge in [-0.3, -0.25) is 0 Å². The third-order valence-corrected chi connectivity index (χ3v) is 5.43. The minimum Gasteiger partial charge on any atom is -0.364 e. The fourth-order valence-electron chi connectivity index (χ4n) is 3.05. The van der Waals surface area contributed by atoms with E-state index >= 15 is 0 Å². The van der Waals surface area contributed by atoms with Crippen molar-refractivity contribution in [1.29, 1.82) is 0 Å². The van der Waals surface area contributed by atoms with E-state index < -0.39 is 0 Å². The Kier molecular flexibility index (Phi) is 4.01. The lowest BCUT2D eigenvalue weighted by molar-refractivity contribution is 0.629. The molecule has 2 heterocycles. The van der Waals surface area contributed by atoms with Crippen molar-refractivity contribution in [3.63, 3.8) is 0 Å². The lowest BCUT2D eigenvalue weighted by Gasteiger charge is -2.37. The van der Waals surface area contributed by atoms with Crippen LogP contribution >= 0.6 is 22.9 Å². The highest BCUT2D eigenvalue weighted by Gasteiger charge is 2.26. The van der Waals surface area contributed by atoms with Crippen LogP contribution in [0, 0.1) is 0 Å². The van der Waals surface area contributed by atoms with Crippen molar-refractivity contribution in [2.45, 2.75) is 25.8 Å². The molecule has 0 aliphatic carbocycles. The molecule has 0 radical (unpaired) electrons. The molecule has 0 saturated heterocycles. The molecule has 2 nitrogen and oxygen atoms in total. The van der Waals surface area contributed by atoms with Gasteiger partial charge in [0, 0.05) is 22.1 Å². The van der Waals surface area contributed by atoms with Gasteiger partial charge in [0.15, 0.2) is 0 Å². The molecule has 1 unspecified atom stereocenters. The van der Waals surface area contributed by atoms with E-state index in [1.165, 1.54) is 21.7 Å². The van der Waals surface area contributed by atoms with Crippen molar-refractivity contribution in [3.05, 3.63) is 50.7 Å². The maximum atomic E-state index is 6.37. The number of rotatable bonds is 3. The fraction of sp³-hybridized carbons (Fsp3) is 0.375. The molecule has 1 aliphatic rings. The monoisotopic (exact) mass is 306 g/mol. The van der Waals surface area contributed by atoms with Gasteiger partial charge < -0.3 is 10.6 Å². The van der Waals surface area contributed by atoms with Crippen molar-refractivity contribution < 1.29 is 0 Å². The number of hydrogen-bond acceptors (Lipinski definition) is 3. The summed E-state index contributed by atoms with van der Waals surface area (Å²) < 4.78 is 0. The molecule has 20 heavy (non-hydrogen) atoms. The first-order chi connectivity index (χ1) is 9.72. The first-order valence-corrected chi connectivity index (χ1v) is 8.28. The molecular weight excluding hydrogens is 288 g/mol. The Bertz CT molecular complexity index is 608. The van der Waals surface area contributed by atoms with Gasteiger partial charge in [-0.15, -0.1) is 11.3 Å². The number of anilines is 1. The second kappa shape index (κ2) is 5.76. The molecule has 4 heteroatoms. The summed E-state index contributed by atoms with van der Waals surface area (Å²) in [6.07, 6.45) is 1.95. The lowest BCUT2D eigenvalue weighted by atomic mass is 9.98. The van der Waals surface area contributed by atoms with Gasteiger partial charge in [0.1, 0.15) is 0 Å². The molecule has 0 bridgehead atoms. The van der Waals surface area contributed by atoms with Gasteiger partial charge in [0.05, 0.1) is 6.04 Å². The molecule has 2 N–H and O–H groups in total. The number of fused-ring (bicyclic) bond motifs is 1. The number of nitrogens with zero attached hydrogens (tertiary/aromatic N) is 1. The van der Waals surface area contributed by atoms with Gasteiger partial charge in [-0.05, 0) is 61.0 Å². The second-order valence-electron chi connectivity index (χ2n) is 5.19. The van der Waals surface area contributed by atoms with E-state index in [9.17, 15) is 0 Å². The van der Waals surface area contributed by atoms with Crippen LogP contribution in [0.15, 0.2) is 29.6 Å². The minimum absolute atomic E-state index is 0.403. The van der Waals surface area contributed by atoms with E-state index in [-0.39, 0.29) is 0 Å². The molecule has 0 saturated carbocycles. The summed E-state index contributed by atoms with van der Waals surface area (Å²) in [5.74, 6) is 0. The van der Waals surface area contributed by atoms with Crippen LogP contribution in [-0.4, -0.2) is 13.1 Å². The number of nitrogens with two attached hydrogens (primary N) is 1. The molecule has 106 valence electrons. The summed E-state index contributed by atoms with van der Waals surface area (Å²) in [6, 6.07) is 8.82. The van der Waals surface area contributed by atoms with Gasteiger partial charge in [-0.1, -0.05) is 17.7 Å². The first-order valence-electron chi connectivity index (χ1n) is 7.02. The van der Waals surface area contributed by atoms with E-state index in [4.69, 9.17) is 17.3 Å². The van der Waals surface area contributed by atoms with Crippen molar-refractivity contribution >= 4 is 28.6 Å². The Morgan fingerprint density at radius 3 is 3.05 bits per heavy atom. The Hall–Kier alpha value is -1.03.